The molecule has 0 aliphatic heterocycles. The van der Waals surface area contributed by atoms with Gasteiger partial charge < -0.3 is 27.7 Å². The Balaban J connectivity index is 0.000000165. The molecule has 6 aromatic heterocycles. The summed E-state index contributed by atoms with van der Waals surface area (Å²) in [5, 5.41) is 0. The normalized spacial score (nSPS) is 10.2. The summed E-state index contributed by atoms with van der Waals surface area (Å²) >= 11 is 0. The fourth-order valence-corrected chi connectivity index (χ4v) is 3.76. The van der Waals surface area contributed by atoms with E-state index in [0.717, 1.165) is 40.5 Å². The maximum atomic E-state index is 4.32. The van der Waals surface area contributed by atoms with Gasteiger partial charge in [0.15, 0.2) is 29.1 Å². The molecule has 6 rings (SSSR count). The molecule has 6 aromatic rings. The van der Waals surface area contributed by atoms with Gasteiger partial charge in [-0.05, 0) is 12.1 Å². The van der Waals surface area contributed by atoms with Gasteiger partial charge >= 0.3 is 0 Å². The quantitative estimate of drug-likeness (QED) is 0.276. The molecule has 0 spiro atoms. The number of pyridine rings is 1. The summed E-state index contributed by atoms with van der Waals surface area (Å²) in [5.41, 5.74) is 2.02. The molecule has 6 heterocycles. The number of anilines is 1. The molecule has 0 aliphatic carbocycles. The second kappa shape index (κ2) is 13.6. The van der Waals surface area contributed by atoms with E-state index in [1.54, 1.807) is 37.2 Å². The SMILES string of the molecule is CN(C)c1ccnc(-c2nccn2C)c1.Cn1ccnc1-c1nccn1C.Cn1ccnc1-c1nccn1C.[Os]. The summed E-state index contributed by atoms with van der Waals surface area (Å²) in [4.78, 5) is 27.4. The minimum Gasteiger partial charge on any atom is -0.378 e. The molecule has 0 bridgehead atoms. The Labute approximate surface area is 247 Å². The predicted octanol–water partition coefficient (Wildman–Crippen LogP) is 3.19. The first-order valence-electron chi connectivity index (χ1n) is 12.3. The van der Waals surface area contributed by atoms with Crippen LogP contribution in [-0.4, -0.2) is 66.8 Å². The van der Waals surface area contributed by atoms with Gasteiger partial charge in [0.2, 0.25) is 0 Å². The first kappa shape index (κ1) is 30.2. The Morgan fingerprint density at radius 1 is 0.475 bits per heavy atom. The van der Waals surface area contributed by atoms with Crippen molar-refractivity contribution in [2.45, 2.75) is 0 Å². The predicted molar refractivity (Wildman–Crippen MR) is 152 cm³/mol. The molecular weight excluding hydrogens is 683 g/mol. The van der Waals surface area contributed by atoms with Gasteiger partial charge in [-0.2, -0.15) is 0 Å². The molecule has 0 aromatic carbocycles. The van der Waals surface area contributed by atoms with Crippen molar-refractivity contribution in [3.63, 3.8) is 0 Å². The molecule has 210 valence electrons. The van der Waals surface area contributed by atoms with Crippen LogP contribution < -0.4 is 4.90 Å². The second-order valence-electron chi connectivity index (χ2n) is 9.10. The summed E-state index contributed by atoms with van der Waals surface area (Å²) in [5.74, 6) is 4.45. The van der Waals surface area contributed by atoms with E-state index >= 15 is 0 Å². The van der Waals surface area contributed by atoms with E-state index in [-0.39, 0.29) is 19.8 Å². The Hall–Kier alpha value is -4.36. The number of aryl methyl sites for hydroxylation is 5. The van der Waals surface area contributed by atoms with Crippen molar-refractivity contribution in [1.29, 1.82) is 0 Å². The Kier molecular flexibility index (Phi) is 10.3. The van der Waals surface area contributed by atoms with E-state index in [1.807, 2.05) is 120 Å². The first-order chi connectivity index (χ1) is 18.8. The van der Waals surface area contributed by atoms with Crippen LogP contribution in [0.2, 0.25) is 0 Å². The first-order valence-corrected chi connectivity index (χ1v) is 12.3. The maximum absolute atomic E-state index is 4.32. The third-order valence-corrected chi connectivity index (χ3v) is 5.99. The van der Waals surface area contributed by atoms with Crippen LogP contribution >= 0.6 is 0 Å². The van der Waals surface area contributed by atoms with Crippen molar-refractivity contribution < 1.29 is 19.8 Å². The van der Waals surface area contributed by atoms with Crippen molar-refractivity contribution in [3.8, 4) is 34.8 Å². The van der Waals surface area contributed by atoms with Crippen molar-refractivity contribution in [1.82, 2.24) is 52.7 Å². The van der Waals surface area contributed by atoms with Gasteiger partial charge in [-0.25, -0.2) is 24.9 Å². The van der Waals surface area contributed by atoms with Crippen LogP contribution in [-0.2, 0) is 55.0 Å². The van der Waals surface area contributed by atoms with Crippen LogP contribution in [0.1, 0.15) is 0 Å². The Morgan fingerprint density at radius 3 is 1.07 bits per heavy atom. The van der Waals surface area contributed by atoms with Crippen LogP contribution in [0.3, 0.4) is 0 Å². The minimum atomic E-state index is 0. The van der Waals surface area contributed by atoms with Gasteiger partial charge in [0.1, 0.15) is 5.69 Å². The van der Waals surface area contributed by atoms with Gasteiger partial charge in [-0.3, -0.25) is 4.98 Å². The summed E-state index contributed by atoms with van der Waals surface area (Å²) in [6.07, 6.45) is 20.2. The van der Waals surface area contributed by atoms with Crippen LogP contribution in [0, 0.1) is 0 Å². The van der Waals surface area contributed by atoms with Crippen molar-refractivity contribution in [2.75, 3.05) is 19.0 Å². The second-order valence-corrected chi connectivity index (χ2v) is 9.10. The van der Waals surface area contributed by atoms with Gasteiger partial charge in [0.25, 0.3) is 0 Å². The fourth-order valence-electron chi connectivity index (χ4n) is 3.76. The smallest absolute Gasteiger partial charge is 0.176 e. The van der Waals surface area contributed by atoms with Crippen LogP contribution in [0.25, 0.3) is 34.8 Å². The molecule has 0 fully saturated rings. The van der Waals surface area contributed by atoms with Crippen molar-refractivity contribution in [2.24, 2.45) is 35.2 Å². The zero-order valence-electron chi connectivity index (χ0n) is 23.7. The van der Waals surface area contributed by atoms with E-state index in [4.69, 9.17) is 0 Å². The summed E-state index contributed by atoms with van der Waals surface area (Å²) in [7, 11) is 13.8. The summed E-state index contributed by atoms with van der Waals surface area (Å²) in [6.45, 7) is 0. The summed E-state index contributed by atoms with van der Waals surface area (Å²) in [6, 6.07) is 4.01. The average Bonchev–Trinajstić information content (AvgIpc) is 3.75. The average molecular weight is 717 g/mol. The number of rotatable bonds is 4. The monoisotopic (exact) mass is 718 g/mol. The Morgan fingerprint density at radius 2 is 0.800 bits per heavy atom. The third-order valence-electron chi connectivity index (χ3n) is 5.99. The van der Waals surface area contributed by atoms with E-state index in [9.17, 15) is 0 Å². The van der Waals surface area contributed by atoms with Crippen molar-refractivity contribution >= 4 is 5.69 Å². The van der Waals surface area contributed by atoms with Crippen LogP contribution in [0.15, 0.2) is 80.3 Å². The van der Waals surface area contributed by atoms with Gasteiger partial charge in [0, 0.05) is 143 Å². The number of hydrogen-bond donors (Lipinski definition) is 0. The number of aromatic nitrogens is 11. The zero-order valence-corrected chi connectivity index (χ0v) is 26.3. The standard InChI is InChI=1S/C11H14N4.2C8H10N4.Os/c1-14(2)9-4-5-12-10(8-9)11-13-6-7-15(11)3;2*1-11-5-3-9-7(11)8-10-4-6-12(8)2;/h4-8H,1-3H3;2*3-6H,1-2H3;. The maximum Gasteiger partial charge on any atom is 0.176 e. The number of nitrogens with zero attached hydrogens (tertiary/aromatic N) is 12. The minimum absolute atomic E-state index is 0. The molecule has 0 aliphatic rings. The number of hydrogen-bond acceptors (Lipinski definition) is 7. The molecule has 40 heavy (non-hydrogen) atoms. The third kappa shape index (κ3) is 6.98. The molecular formula is C27H34N12Os. The Bertz CT molecular complexity index is 1460. The van der Waals surface area contributed by atoms with Gasteiger partial charge in [-0.1, -0.05) is 0 Å². The largest absolute Gasteiger partial charge is 0.378 e. The molecule has 0 radical (unpaired) electrons. The molecule has 0 saturated carbocycles. The van der Waals surface area contributed by atoms with Crippen LogP contribution in [0.5, 0.6) is 0 Å². The fraction of sp³-hybridized carbons (Fsp3) is 0.259. The van der Waals surface area contributed by atoms with Gasteiger partial charge in [-0.15, -0.1) is 0 Å². The number of imidazole rings is 5. The zero-order chi connectivity index (χ0) is 27.9. The van der Waals surface area contributed by atoms with E-state index < -0.39 is 0 Å². The molecule has 12 nitrogen and oxygen atoms in total. The summed E-state index contributed by atoms with van der Waals surface area (Å²) < 4.78 is 9.75. The van der Waals surface area contributed by atoms with Crippen LogP contribution in [0.4, 0.5) is 5.69 Å². The molecule has 0 saturated heterocycles. The van der Waals surface area contributed by atoms with Gasteiger partial charge in [0.05, 0.1) is 0 Å². The topological polar surface area (TPSA) is 105 Å². The molecule has 0 atom stereocenters. The van der Waals surface area contributed by atoms with E-state index in [0.29, 0.717) is 0 Å². The van der Waals surface area contributed by atoms with E-state index in [1.165, 1.54) is 0 Å². The molecule has 13 heteroatoms. The molecule has 0 N–H and O–H groups in total. The van der Waals surface area contributed by atoms with E-state index in [2.05, 4.69) is 29.9 Å². The molecule has 0 unspecified atom stereocenters. The molecule has 0 amide bonds. The van der Waals surface area contributed by atoms with Crippen molar-refractivity contribution in [3.05, 3.63) is 80.3 Å².